The molecule has 0 amide bonds. The molecule has 1 heterocycles. The quantitative estimate of drug-likeness (QED) is 0.839. The molecule has 0 bridgehead atoms. The summed E-state index contributed by atoms with van der Waals surface area (Å²) in [5.41, 5.74) is 8.02. The molecule has 1 unspecified atom stereocenters. The number of aryl methyl sites for hydroxylation is 2. The molecule has 1 aromatic rings. The zero-order valence-corrected chi connectivity index (χ0v) is 13.4. The molecule has 0 aliphatic heterocycles. The first-order valence-electron chi connectivity index (χ1n) is 6.96. The summed E-state index contributed by atoms with van der Waals surface area (Å²) >= 11 is 6.37. The van der Waals surface area contributed by atoms with Crippen molar-refractivity contribution >= 4 is 11.6 Å². The lowest BCUT2D eigenvalue weighted by Gasteiger charge is -2.36. The van der Waals surface area contributed by atoms with Crippen molar-refractivity contribution in [1.29, 1.82) is 0 Å². The summed E-state index contributed by atoms with van der Waals surface area (Å²) in [7, 11) is 3.65. The lowest BCUT2D eigenvalue weighted by molar-refractivity contribution is -0.0377. The second kappa shape index (κ2) is 6.73. The molecule has 0 aliphatic carbocycles. The van der Waals surface area contributed by atoms with Crippen molar-refractivity contribution in [3.8, 4) is 0 Å². The number of ether oxygens (including phenoxy) is 1. The second-order valence-corrected chi connectivity index (χ2v) is 5.35. The number of nitrogens with zero attached hydrogens (tertiary/aromatic N) is 2. The topological polar surface area (TPSA) is 53.1 Å². The van der Waals surface area contributed by atoms with Gasteiger partial charge in [-0.25, -0.2) is 0 Å². The molecule has 0 aromatic carbocycles. The Labute approximate surface area is 121 Å². The van der Waals surface area contributed by atoms with Gasteiger partial charge in [0.05, 0.1) is 22.0 Å². The third kappa shape index (κ3) is 3.12. The zero-order valence-electron chi connectivity index (χ0n) is 12.7. The third-order valence-corrected chi connectivity index (χ3v) is 4.63. The maximum atomic E-state index is 6.38. The van der Waals surface area contributed by atoms with Crippen LogP contribution in [0.5, 0.6) is 0 Å². The van der Waals surface area contributed by atoms with Crippen molar-refractivity contribution in [2.75, 3.05) is 7.11 Å². The lowest BCUT2D eigenvalue weighted by Crippen LogP contribution is -2.50. The van der Waals surface area contributed by atoms with Gasteiger partial charge in [0.15, 0.2) is 0 Å². The van der Waals surface area contributed by atoms with Gasteiger partial charge in [0, 0.05) is 26.6 Å². The molecule has 2 N–H and O–H groups in total. The predicted molar refractivity (Wildman–Crippen MR) is 79.6 cm³/mol. The fourth-order valence-electron chi connectivity index (χ4n) is 2.65. The van der Waals surface area contributed by atoms with Crippen LogP contribution in [0.25, 0.3) is 0 Å². The Kier molecular flexibility index (Phi) is 5.83. The van der Waals surface area contributed by atoms with Crippen molar-refractivity contribution in [3.05, 3.63) is 16.4 Å². The molecule has 110 valence electrons. The predicted octanol–water partition coefficient (Wildman–Crippen LogP) is 2.71. The minimum atomic E-state index is -0.292. The minimum Gasteiger partial charge on any atom is -0.377 e. The first-order valence-corrected chi connectivity index (χ1v) is 7.34. The Morgan fingerprint density at radius 3 is 2.32 bits per heavy atom. The van der Waals surface area contributed by atoms with E-state index in [1.54, 1.807) is 7.11 Å². The number of aromatic nitrogens is 2. The molecule has 1 aromatic heterocycles. The normalized spacial score (nSPS) is 13.8. The highest BCUT2D eigenvalue weighted by atomic mass is 35.5. The largest absolute Gasteiger partial charge is 0.377 e. The molecule has 4 nitrogen and oxygen atoms in total. The Balaban J connectivity index is 2.99. The van der Waals surface area contributed by atoms with E-state index in [4.69, 9.17) is 22.1 Å². The standard InChI is InChI=1S/C14H26ClN3O/c1-6-10-13(15)11(18(4)17-10)9-12(16)14(7-2,8-3)19-5/h12H,6-9,16H2,1-5H3. The first-order chi connectivity index (χ1) is 8.95. The molecule has 19 heavy (non-hydrogen) atoms. The lowest BCUT2D eigenvalue weighted by atomic mass is 9.86. The summed E-state index contributed by atoms with van der Waals surface area (Å²) in [6.07, 6.45) is 3.28. The molecule has 0 saturated carbocycles. The van der Waals surface area contributed by atoms with E-state index < -0.39 is 0 Å². The van der Waals surface area contributed by atoms with Crippen LogP contribution in [-0.4, -0.2) is 28.5 Å². The minimum absolute atomic E-state index is 0.0925. The number of nitrogens with two attached hydrogens (primary N) is 1. The van der Waals surface area contributed by atoms with Gasteiger partial charge in [0.2, 0.25) is 0 Å². The third-order valence-electron chi connectivity index (χ3n) is 4.20. The summed E-state index contributed by atoms with van der Waals surface area (Å²) < 4.78 is 7.53. The van der Waals surface area contributed by atoms with E-state index in [1.165, 1.54) is 0 Å². The molecule has 1 rings (SSSR count). The maximum absolute atomic E-state index is 6.38. The van der Waals surface area contributed by atoms with E-state index in [0.717, 1.165) is 35.7 Å². The van der Waals surface area contributed by atoms with Crippen molar-refractivity contribution in [2.24, 2.45) is 12.8 Å². The Hall–Kier alpha value is -0.580. The Morgan fingerprint density at radius 2 is 1.95 bits per heavy atom. The molecular formula is C14H26ClN3O. The fraction of sp³-hybridized carbons (Fsp3) is 0.786. The van der Waals surface area contributed by atoms with Gasteiger partial charge in [-0.1, -0.05) is 32.4 Å². The number of hydrogen-bond donors (Lipinski definition) is 1. The number of methoxy groups -OCH3 is 1. The molecule has 1 atom stereocenters. The molecule has 0 aliphatic rings. The van der Waals surface area contributed by atoms with Crippen LogP contribution in [0.3, 0.4) is 0 Å². The van der Waals surface area contributed by atoms with Crippen LogP contribution in [0, 0.1) is 0 Å². The van der Waals surface area contributed by atoms with Gasteiger partial charge in [-0.2, -0.15) is 5.10 Å². The zero-order chi connectivity index (χ0) is 14.6. The van der Waals surface area contributed by atoms with E-state index >= 15 is 0 Å². The van der Waals surface area contributed by atoms with Gasteiger partial charge in [-0.05, 0) is 19.3 Å². The van der Waals surface area contributed by atoms with Crippen molar-refractivity contribution in [1.82, 2.24) is 9.78 Å². The van der Waals surface area contributed by atoms with Crippen molar-refractivity contribution in [3.63, 3.8) is 0 Å². The van der Waals surface area contributed by atoms with E-state index in [9.17, 15) is 0 Å². The fourth-order valence-corrected chi connectivity index (χ4v) is 3.02. The molecule has 0 radical (unpaired) electrons. The van der Waals surface area contributed by atoms with Crippen LogP contribution in [-0.2, 0) is 24.6 Å². The average Bonchev–Trinajstić information content (AvgIpc) is 2.69. The van der Waals surface area contributed by atoms with Gasteiger partial charge in [0.1, 0.15) is 0 Å². The molecule has 0 fully saturated rings. The second-order valence-electron chi connectivity index (χ2n) is 4.97. The average molecular weight is 288 g/mol. The van der Waals surface area contributed by atoms with Crippen LogP contribution in [0.4, 0.5) is 0 Å². The summed E-state index contributed by atoms with van der Waals surface area (Å²) in [6, 6.07) is -0.0925. The van der Waals surface area contributed by atoms with Crippen LogP contribution >= 0.6 is 11.6 Å². The highest BCUT2D eigenvalue weighted by Gasteiger charge is 2.34. The van der Waals surface area contributed by atoms with Crippen LogP contribution < -0.4 is 5.73 Å². The number of hydrogen-bond acceptors (Lipinski definition) is 3. The van der Waals surface area contributed by atoms with Crippen LogP contribution in [0.1, 0.15) is 45.0 Å². The highest BCUT2D eigenvalue weighted by Crippen LogP contribution is 2.28. The van der Waals surface area contributed by atoms with Gasteiger partial charge < -0.3 is 10.5 Å². The van der Waals surface area contributed by atoms with E-state index in [1.807, 2.05) is 11.7 Å². The van der Waals surface area contributed by atoms with E-state index in [-0.39, 0.29) is 11.6 Å². The summed E-state index contributed by atoms with van der Waals surface area (Å²) in [5.74, 6) is 0. The van der Waals surface area contributed by atoms with Crippen molar-refractivity contribution < 1.29 is 4.74 Å². The van der Waals surface area contributed by atoms with Crippen LogP contribution in [0.2, 0.25) is 5.02 Å². The smallest absolute Gasteiger partial charge is 0.0850 e. The highest BCUT2D eigenvalue weighted by molar-refractivity contribution is 6.31. The van der Waals surface area contributed by atoms with E-state index in [2.05, 4.69) is 25.9 Å². The Bertz CT molecular complexity index is 405. The van der Waals surface area contributed by atoms with Gasteiger partial charge in [-0.15, -0.1) is 0 Å². The van der Waals surface area contributed by atoms with Crippen LogP contribution in [0.15, 0.2) is 0 Å². The van der Waals surface area contributed by atoms with Gasteiger partial charge >= 0.3 is 0 Å². The van der Waals surface area contributed by atoms with Crippen molar-refractivity contribution in [2.45, 2.75) is 58.1 Å². The molecule has 0 saturated heterocycles. The van der Waals surface area contributed by atoms with Gasteiger partial charge in [0.25, 0.3) is 0 Å². The van der Waals surface area contributed by atoms with Gasteiger partial charge in [-0.3, -0.25) is 4.68 Å². The SMILES string of the molecule is CCc1nn(C)c(CC(N)C(CC)(CC)OC)c1Cl. The molecule has 0 spiro atoms. The molecular weight excluding hydrogens is 262 g/mol. The monoisotopic (exact) mass is 287 g/mol. The Morgan fingerprint density at radius 1 is 1.37 bits per heavy atom. The number of halogens is 1. The summed E-state index contributed by atoms with van der Waals surface area (Å²) in [6.45, 7) is 6.26. The summed E-state index contributed by atoms with van der Waals surface area (Å²) in [5, 5.41) is 5.18. The molecule has 5 heteroatoms. The van der Waals surface area contributed by atoms with E-state index in [0.29, 0.717) is 6.42 Å². The maximum Gasteiger partial charge on any atom is 0.0850 e. The first kappa shape index (κ1) is 16.5. The summed E-state index contributed by atoms with van der Waals surface area (Å²) in [4.78, 5) is 0. The number of rotatable bonds is 7.